The molecule has 20 heavy (non-hydrogen) atoms. The van der Waals surface area contributed by atoms with Gasteiger partial charge in [0, 0.05) is 18.6 Å². The zero-order chi connectivity index (χ0) is 15.8. The molecule has 0 saturated heterocycles. The Morgan fingerprint density at radius 1 is 1.20 bits per heavy atom. The van der Waals surface area contributed by atoms with E-state index in [0.29, 0.717) is 19.3 Å². The summed E-state index contributed by atoms with van der Waals surface area (Å²) < 4.78 is 22.6. The lowest BCUT2D eigenvalue weighted by Gasteiger charge is -2.32. The molecule has 0 aromatic rings. The van der Waals surface area contributed by atoms with Crippen LogP contribution < -0.4 is 0 Å². The van der Waals surface area contributed by atoms with Gasteiger partial charge in [0.15, 0.2) is 5.12 Å². The van der Waals surface area contributed by atoms with Crippen molar-refractivity contribution in [3.05, 3.63) is 0 Å². The number of carbonyl (C=O) groups excluding carboxylic acids is 1. The highest BCUT2D eigenvalue weighted by atomic mass is 32.2. The maximum absolute atomic E-state index is 11.3. The fourth-order valence-corrected chi connectivity index (χ4v) is 5.80. The van der Waals surface area contributed by atoms with Crippen LogP contribution in [-0.4, -0.2) is 40.1 Å². The molecule has 0 bridgehead atoms. The highest BCUT2D eigenvalue weighted by molar-refractivity contribution is 8.14. The topological polar surface area (TPSA) is 152 Å². The monoisotopic (exact) mass is 348 g/mol. The minimum Gasteiger partial charge on any atom is -0.368 e. The van der Waals surface area contributed by atoms with E-state index in [0.717, 1.165) is 11.8 Å². The smallest absolute Gasteiger partial charge is 0.368 e. The average molecular weight is 348 g/mol. The summed E-state index contributed by atoms with van der Waals surface area (Å²) in [7, 11) is -10.8. The molecule has 2 atom stereocenters. The Hall–Kier alpha value is 0.280. The highest BCUT2D eigenvalue weighted by Crippen LogP contribution is 2.70. The van der Waals surface area contributed by atoms with Crippen molar-refractivity contribution >= 4 is 32.1 Å². The second kappa shape index (κ2) is 6.18. The van der Waals surface area contributed by atoms with Gasteiger partial charge in [-0.2, -0.15) is 0 Å². The summed E-state index contributed by atoms with van der Waals surface area (Å²) >= 11 is 0.976. The molecular weight excluding hydrogens is 330 g/mol. The van der Waals surface area contributed by atoms with E-state index in [1.807, 2.05) is 0 Å². The van der Waals surface area contributed by atoms with Crippen molar-refractivity contribution in [1.82, 2.24) is 0 Å². The Morgan fingerprint density at radius 3 is 2.10 bits per heavy atom. The lowest BCUT2D eigenvalue weighted by atomic mass is 10.0. The first-order chi connectivity index (χ1) is 8.88. The second-order valence-corrected chi connectivity index (χ2v) is 10.3. The van der Waals surface area contributed by atoms with Gasteiger partial charge in [0.25, 0.3) is 5.08 Å². The minimum absolute atomic E-state index is 0.183. The van der Waals surface area contributed by atoms with Gasteiger partial charge in [-0.1, -0.05) is 18.2 Å². The quantitative estimate of drug-likeness (QED) is 0.455. The first kappa shape index (κ1) is 18.3. The molecule has 0 aromatic heterocycles. The lowest BCUT2D eigenvalue weighted by molar-refractivity contribution is -0.109. The van der Waals surface area contributed by atoms with Gasteiger partial charge in [-0.3, -0.25) is 13.9 Å². The molecule has 5 N–H and O–H groups in total. The van der Waals surface area contributed by atoms with Crippen molar-refractivity contribution in [3.8, 4) is 0 Å². The number of carbonyl (C=O) groups is 1. The Morgan fingerprint density at radius 2 is 1.70 bits per heavy atom. The lowest BCUT2D eigenvalue weighted by Crippen LogP contribution is -2.33. The van der Waals surface area contributed by atoms with Crippen molar-refractivity contribution < 1.29 is 38.6 Å². The number of aliphatic hydroxyl groups is 1. The van der Waals surface area contributed by atoms with Gasteiger partial charge in [0.05, 0.1) is 0 Å². The molecule has 1 aliphatic rings. The largest absolute Gasteiger partial charge is 0.369 e. The molecule has 0 aliphatic heterocycles. The summed E-state index contributed by atoms with van der Waals surface area (Å²) in [5, 5.41) is 6.01. The van der Waals surface area contributed by atoms with E-state index in [9.17, 15) is 19.0 Å². The van der Waals surface area contributed by atoms with Crippen LogP contribution in [0.5, 0.6) is 0 Å². The van der Waals surface area contributed by atoms with Gasteiger partial charge in [-0.25, -0.2) is 0 Å². The molecule has 1 fully saturated rings. The molecule has 1 rings (SSSR count). The number of hydrogen-bond donors (Lipinski definition) is 5. The van der Waals surface area contributed by atoms with Crippen LogP contribution in [0.15, 0.2) is 0 Å². The average Bonchev–Trinajstić information content (AvgIpc) is 2.61. The molecule has 0 aromatic carbocycles. The summed E-state index contributed by atoms with van der Waals surface area (Å²) in [4.78, 5) is 47.5. The predicted molar refractivity (Wildman–Crippen MR) is 73.1 cm³/mol. The number of rotatable bonds is 5. The van der Waals surface area contributed by atoms with Gasteiger partial charge < -0.3 is 24.7 Å². The maximum atomic E-state index is 11.3. The fourth-order valence-electron chi connectivity index (χ4n) is 2.36. The molecule has 0 amide bonds. The standard InChI is InChI=1S/C9H18O8P2S/c1-6(10)20-8-4-2-3-7(8)5-9(11,18(12,13)14)19(15,16)17/h7-8,11H,2-5H2,1H3,(H2,12,13,14)(H2,15,16,17). The molecule has 118 valence electrons. The molecule has 11 heteroatoms. The van der Waals surface area contributed by atoms with E-state index in [1.165, 1.54) is 6.92 Å². The number of hydrogen-bond acceptors (Lipinski definition) is 5. The highest BCUT2D eigenvalue weighted by Gasteiger charge is 2.60. The summed E-state index contributed by atoms with van der Waals surface area (Å²) in [5.41, 5.74) is 0. The third-order valence-corrected chi connectivity index (χ3v) is 8.43. The summed E-state index contributed by atoms with van der Waals surface area (Å²) in [6.07, 6.45) is 1.00. The van der Waals surface area contributed by atoms with Gasteiger partial charge in [0.2, 0.25) is 0 Å². The van der Waals surface area contributed by atoms with Crippen LogP contribution in [0.3, 0.4) is 0 Å². The third-order valence-electron chi connectivity index (χ3n) is 3.38. The van der Waals surface area contributed by atoms with Crippen molar-refractivity contribution in [2.75, 3.05) is 0 Å². The molecule has 1 saturated carbocycles. The normalized spacial score (nSPS) is 24.9. The molecular formula is C9H18O8P2S. The fraction of sp³-hybridized carbons (Fsp3) is 0.889. The Balaban J connectivity index is 3.00. The Bertz CT molecular complexity index is 447. The van der Waals surface area contributed by atoms with Crippen molar-refractivity contribution in [2.24, 2.45) is 5.92 Å². The van der Waals surface area contributed by atoms with Crippen molar-refractivity contribution in [2.45, 2.75) is 42.9 Å². The molecule has 0 radical (unpaired) electrons. The van der Waals surface area contributed by atoms with E-state index in [1.54, 1.807) is 0 Å². The van der Waals surface area contributed by atoms with Gasteiger partial charge in [-0.05, 0) is 18.8 Å². The molecule has 0 heterocycles. The third kappa shape index (κ3) is 3.93. The maximum Gasteiger partial charge on any atom is 0.369 e. The van der Waals surface area contributed by atoms with Crippen LogP contribution in [0.4, 0.5) is 0 Å². The van der Waals surface area contributed by atoms with Crippen molar-refractivity contribution in [3.63, 3.8) is 0 Å². The summed E-state index contributed by atoms with van der Waals surface area (Å²) in [5.74, 6) is -0.533. The molecule has 8 nitrogen and oxygen atoms in total. The van der Waals surface area contributed by atoms with Gasteiger partial charge >= 0.3 is 15.2 Å². The minimum atomic E-state index is -5.42. The van der Waals surface area contributed by atoms with Crippen LogP contribution in [0, 0.1) is 5.92 Å². The van der Waals surface area contributed by atoms with Gasteiger partial charge in [0.1, 0.15) is 0 Å². The molecule has 2 unspecified atom stereocenters. The van der Waals surface area contributed by atoms with Gasteiger partial charge in [-0.15, -0.1) is 0 Å². The van der Waals surface area contributed by atoms with Crippen LogP contribution in [-0.2, 0) is 13.9 Å². The summed E-state index contributed by atoms with van der Waals surface area (Å²) in [6.45, 7) is 1.35. The van der Waals surface area contributed by atoms with Crippen LogP contribution in [0.1, 0.15) is 32.6 Å². The first-order valence-corrected chi connectivity index (χ1v) is 10.00. The van der Waals surface area contributed by atoms with Crippen LogP contribution in [0.25, 0.3) is 0 Å². The molecule has 1 aliphatic carbocycles. The van der Waals surface area contributed by atoms with Crippen LogP contribution >= 0.6 is 27.0 Å². The van der Waals surface area contributed by atoms with E-state index < -0.39 is 32.6 Å². The number of thioether (sulfide) groups is 1. The zero-order valence-corrected chi connectivity index (χ0v) is 13.4. The van der Waals surface area contributed by atoms with E-state index in [-0.39, 0.29) is 10.4 Å². The molecule has 0 spiro atoms. The second-order valence-electron chi connectivity index (χ2n) is 4.91. The first-order valence-electron chi connectivity index (χ1n) is 5.89. The Kier molecular flexibility index (Phi) is 5.67. The van der Waals surface area contributed by atoms with Crippen molar-refractivity contribution in [1.29, 1.82) is 0 Å². The predicted octanol–water partition coefficient (Wildman–Crippen LogP) is 0.826. The summed E-state index contributed by atoms with van der Waals surface area (Å²) in [6, 6.07) is 0. The SMILES string of the molecule is CC(=O)SC1CCCC1CC(O)(P(=O)(O)O)P(=O)(O)O. The Labute approximate surface area is 120 Å². The van der Waals surface area contributed by atoms with Crippen LogP contribution in [0.2, 0.25) is 0 Å². The zero-order valence-electron chi connectivity index (χ0n) is 10.7. The van der Waals surface area contributed by atoms with E-state index in [4.69, 9.17) is 19.6 Å². The van der Waals surface area contributed by atoms with E-state index >= 15 is 0 Å². The van der Waals surface area contributed by atoms with E-state index in [2.05, 4.69) is 0 Å².